The van der Waals surface area contributed by atoms with E-state index in [9.17, 15) is 18.0 Å². The van der Waals surface area contributed by atoms with E-state index in [1.807, 2.05) is 0 Å². The molecule has 0 aliphatic carbocycles. The van der Waals surface area contributed by atoms with Gasteiger partial charge in [0.05, 0.1) is 5.56 Å². The highest BCUT2D eigenvalue weighted by molar-refractivity contribution is 5.83. The molecule has 1 aromatic carbocycles. The number of alkyl halides is 3. The predicted molar refractivity (Wildman–Crippen MR) is 65.0 cm³/mol. The average Bonchev–Trinajstić information content (AvgIpc) is 2.61. The minimum absolute atomic E-state index is 0.169. The summed E-state index contributed by atoms with van der Waals surface area (Å²) in [6, 6.07) is 5.61. The molecule has 0 N–H and O–H groups in total. The smallest absolute Gasteiger partial charge is 0.365 e. The number of Topliss-reactive ketones (excluding diaryl/α,β-unsaturated/α-hetero) is 1. The largest absolute Gasteiger partial charge is 0.416 e. The maximum atomic E-state index is 12.5. The topological polar surface area (TPSA) is 20.3 Å². The molecule has 102 valence electrons. The van der Waals surface area contributed by atoms with Gasteiger partial charge < -0.3 is 4.90 Å². The number of benzene rings is 1. The standard InChI is InChI=1S/C14H14F3NO/c15-14(16,17)9-1-3-10(4-2-9)18-11-5-6-12(18)8-13(19)7-11/h1-4,11-12H,5-8H2. The van der Waals surface area contributed by atoms with Gasteiger partial charge in [-0.1, -0.05) is 0 Å². The Morgan fingerprint density at radius 3 is 2.00 bits per heavy atom. The summed E-state index contributed by atoms with van der Waals surface area (Å²) in [5.41, 5.74) is 0.171. The first-order chi connectivity index (χ1) is 8.95. The van der Waals surface area contributed by atoms with Crippen LogP contribution in [0.5, 0.6) is 0 Å². The molecule has 2 unspecified atom stereocenters. The van der Waals surface area contributed by atoms with Crippen molar-refractivity contribution in [1.29, 1.82) is 0 Å². The van der Waals surface area contributed by atoms with E-state index in [1.165, 1.54) is 12.1 Å². The van der Waals surface area contributed by atoms with Crippen molar-refractivity contribution >= 4 is 11.5 Å². The molecule has 2 aliphatic heterocycles. The van der Waals surface area contributed by atoms with E-state index < -0.39 is 11.7 Å². The molecule has 2 aliphatic rings. The highest BCUT2D eigenvalue weighted by Crippen LogP contribution is 2.39. The lowest BCUT2D eigenvalue weighted by Gasteiger charge is -2.36. The van der Waals surface area contributed by atoms with Crippen molar-refractivity contribution in [2.45, 2.75) is 43.9 Å². The summed E-state index contributed by atoms with van der Waals surface area (Å²) < 4.78 is 37.6. The molecular formula is C14H14F3NO. The number of hydrogen-bond acceptors (Lipinski definition) is 2. The van der Waals surface area contributed by atoms with Crippen LogP contribution in [0.1, 0.15) is 31.2 Å². The summed E-state index contributed by atoms with van der Waals surface area (Å²) in [6.07, 6.45) is -1.33. The summed E-state index contributed by atoms with van der Waals surface area (Å²) in [6.45, 7) is 0. The van der Waals surface area contributed by atoms with Crippen molar-refractivity contribution in [3.05, 3.63) is 29.8 Å². The Balaban J connectivity index is 1.86. The van der Waals surface area contributed by atoms with Crippen LogP contribution in [0, 0.1) is 0 Å². The van der Waals surface area contributed by atoms with E-state index in [0.717, 1.165) is 30.7 Å². The number of fused-ring (bicyclic) bond motifs is 2. The number of halogens is 3. The second kappa shape index (κ2) is 4.25. The van der Waals surface area contributed by atoms with Crippen LogP contribution in [0.25, 0.3) is 0 Å². The number of rotatable bonds is 1. The van der Waals surface area contributed by atoms with Gasteiger partial charge in [-0.15, -0.1) is 0 Å². The van der Waals surface area contributed by atoms with Gasteiger partial charge in [0.2, 0.25) is 0 Å². The number of piperidine rings is 1. The Hall–Kier alpha value is -1.52. The van der Waals surface area contributed by atoms with Crippen LogP contribution in [-0.2, 0) is 11.0 Å². The normalized spacial score (nSPS) is 26.9. The molecule has 3 rings (SSSR count). The van der Waals surface area contributed by atoms with Crippen LogP contribution >= 0.6 is 0 Å². The Morgan fingerprint density at radius 1 is 1.00 bits per heavy atom. The molecule has 19 heavy (non-hydrogen) atoms. The highest BCUT2D eigenvalue weighted by atomic mass is 19.4. The second-order valence-electron chi connectivity index (χ2n) is 5.28. The molecule has 5 heteroatoms. The van der Waals surface area contributed by atoms with Crippen LogP contribution < -0.4 is 4.90 Å². The summed E-state index contributed by atoms with van der Waals surface area (Å²) in [7, 11) is 0. The number of ketones is 1. The fourth-order valence-electron chi connectivity index (χ4n) is 3.22. The van der Waals surface area contributed by atoms with E-state index in [-0.39, 0.29) is 17.9 Å². The fraction of sp³-hybridized carbons (Fsp3) is 0.500. The maximum absolute atomic E-state index is 12.5. The molecule has 2 bridgehead atoms. The molecule has 0 radical (unpaired) electrons. The maximum Gasteiger partial charge on any atom is 0.416 e. The van der Waals surface area contributed by atoms with Gasteiger partial charge in [-0.3, -0.25) is 4.79 Å². The molecule has 2 nitrogen and oxygen atoms in total. The van der Waals surface area contributed by atoms with E-state index in [4.69, 9.17) is 0 Å². The minimum Gasteiger partial charge on any atom is -0.365 e. The van der Waals surface area contributed by atoms with Gasteiger partial charge in [0, 0.05) is 30.6 Å². The second-order valence-corrected chi connectivity index (χ2v) is 5.28. The lowest BCUT2D eigenvalue weighted by molar-refractivity contribution is -0.137. The first kappa shape index (κ1) is 12.5. The fourth-order valence-corrected chi connectivity index (χ4v) is 3.22. The molecule has 2 heterocycles. The zero-order valence-corrected chi connectivity index (χ0v) is 10.3. The molecule has 0 aromatic heterocycles. The summed E-state index contributed by atoms with van der Waals surface area (Å²) in [5, 5.41) is 0. The van der Waals surface area contributed by atoms with Crippen LogP contribution in [0.3, 0.4) is 0 Å². The molecule has 0 saturated carbocycles. The molecule has 1 aromatic rings. The first-order valence-electron chi connectivity index (χ1n) is 6.42. The zero-order chi connectivity index (χ0) is 13.6. The van der Waals surface area contributed by atoms with Crippen LogP contribution in [-0.4, -0.2) is 17.9 Å². The zero-order valence-electron chi connectivity index (χ0n) is 10.3. The van der Waals surface area contributed by atoms with E-state index in [0.29, 0.717) is 12.8 Å². The van der Waals surface area contributed by atoms with E-state index in [1.54, 1.807) is 0 Å². The van der Waals surface area contributed by atoms with Gasteiger partial charge in [-0.05, 0) is 37.1 Å². The number of nitrogens with zero attached hydrogens (tertiary/aromatic N) is 1. The Kier molecular flexibility index (Phi) is 2.80. The van der Waals surface area contributed by atoms with Crippen molar-refractivity contribution < 1.29 is 18.0 Å². The molecule has 2 fully saturated rings. The van der Waals surface area contributed by atoms with Gasteiger partial charge >= 0.3 is 6.18 Å². The van der Waals surface area contributed by atoms with Crippen LogP contribution in [0.2, 0.25) is 0 Å². The molecule has 2 saturated heterocycles. The summed E-state index contributed by atoms with van der Waals surface area (Å²) >= 11 is 0. The highest BCUT2D eigenvalue weighted by Gasteiger charge is 2.40. The molecule has 0 spiro atoms. The number of anilines is 1. The van der Waals surface area contributed by atoms with Crippen molar-refractivity contribution in [2.75, 3.05) is 4.90 Å². The van der Waals surface area contributed by atoms with Gasteiger partial charge in [-0.25, -0.2) is 0 Å². The number of carbonyl (C=O) groups excluding carboxylic acids is 1. The third-order valence-corrected chi connectivity index (χ3v) is 4.04. The number of hydrogen-bond donors (Lipinski definition) is 0. The molecule has 0 amide bonds. The van der Waals surface area contributed by atoms with Gasteiger partial charge in [0.15, 0.2) is 0 Å². The predicted octanol–water partition coefficient (Wildman–Crippen LogP) is 3.41. The lowest BCUT2D eigenvalue weighted by atomic mass is 10.0. The Morgan fingerprint density at radius 2 is 1.53 bits per heavy atom. The van der Waals surface area contributed by atoms with Gasteiger partial charge in [-0.2, -0.15) is 13.2 Å². The monoisotopic (exact) mass is 269 g/mol. The van der Waals surface area contributed by atoms with Crippen molar-refractivity contribution in [2.24, 2.45) is 0 Å². The Bertz CT molecular complexity index is 478. The summed E-state index contributed by atoms with van der Waals surface area (Å²) in [5.74, 6) is 0.274. The van der Waals surface area contributed by atoms with Gasteiger partial charge in [0.1, 0.15) is 5.78 Å². The van der Waals surface area contributed by atoms with Crippen molar-refractivity contribution in [1.82, 2.24) is 0 Å². The third-order valence-electron chi connectivity index (χ3n) is 4.04. The van der Waals surface area contributed by atoms with Gasteiger partial charge in [0.25, 0.3) is 0 Å². The molecule has 2 atom stereocenters. The van der Waals surface area contributed by atoms with Crippen LogP contribution in [0.4, 0.5) is 18.9 Å². The molecular weight excluding hydrogens is 255 g/mol. The van der Waals surface area contributed by atoms with E-state index >= 15 is 0 Å². The summed E-state index contributed by atoms with van der Waals surface area (Å²) in [4.78, 5) is 13.6. The lowest BCUT2D eigenvalue weighted by Crippen LogP contribution is -2.43. The first-order valence-corrected chi connectivity index (χ1v) is 6.42. The third kappa shape index (κ3) is 2.22. The van der Waals surface area contributed by atoms with Crippen molar-refractivity contribution in [3.63, 3.8) is 0 Å². The SMILES string of the molecule is O=C1CC2CCC(C1)N2c1ccc(C(F)(F)F)cc1. The van der Waals surface area contributed by atoms with Crippen LogP contribution in [0.15, 0.2) is 24.3 Å². The van der Waals surface area contributed by atoms with E-state index in [2.05, 4.69) is 4.90 Å². The average molecular weight is 269 g/mol. The van der Waals surface area contributed by atoms with Crippen molar-refractivity contribution in [3.8, 4) is 0 Å². The Labute approximate surface area is 109 Å². The minimum atomic E-state index is -4.30. The number of carbonyl (C=O) groups is 1. The quantitative estimate of drug-likeness (QED) is 0.778.